The fraction of sp³-hybridized carbons (Fsp3) is 0.500. The Bertz CT molecular complexity index is 1220. The third kappa shape index (κ3) is 5.86. The lowest BCUT2D eigenvalue weighted by Crippen LogP contribution is -2.68. The molecule has 2 aromatic rings. The number of fused-ring (bicyclic) bond motifs is 1. The van der Waals surface area contributed by atoms with E-state index in [4.69, 9.17) is 18.6 Å². The van der Waals surface area contributed by atoms with Gasteiger partial charge in [0.1, 0.15) is 29.6 Å². The first-order chi connectivity index (χ1) is 17.2. The third-order valence-electron chi connectivity index (χ3n) is 5.66. The van der Waals surface area contributed by atoms with Crippen molar-refractivity contribution < 1.29 is 61.8 Å². The zero-order valence-corrected chi connectivity index (χ0v) is 19.4. The van der Waals surface area contributed by atoms with Crippen LogP contribution in [0.25, 0.3) is 11.0 Å². The van der Waals surface area contributed by atoms with Crippen LogP contribution < -0.4 is 15.7 Å². The number of amides is 1. The molecular formula is C22H24F3NO11. The summed E-state index contributed by atoms with van der Waals surface area (Å²) in [6.07, 6.45) is -12.8. The largest absolute Gasteiger partial charge is 0.464 e. The molecule has 0 spiro atoms. The van der Waals surface area contributed by atoms with Crippen LogP contribution in [-0.2, 0) is 25.2 Å². The fourth-order valence-electron chi connectivity index (χ4n) is 4.01. The van der Waals surface area contributed by atoms with E-state index in [1.165, 1.54) is 0 Å². The molecule has 0 bridgehead atoms. The minimum absolute atomic E-state index is 0.278. The Balaban J connectivity index is 2.08. The van der Waals surface area contributed by atoms with Gasteiger partial charge in [-0.2, -0.15) is 13.2 Å². The number of aliphatic hydroxyl groups excluding tert-OH is 4. The van der Waals surface area contributed by atoms with Crippen LogP contribution in [0.1, 0.15) is 18.9 Å². The topological polar surface area (TPSA) is 185 Å². The quantitative estimate of drug-likeness (QED) is 0.226. The second-order valence-electron chi connectivity index (χ2n) is 8.30. The van der Waals surface area contributed by atoms with Gasteiger partial charge in [-0.1, -0.05) is 0 Å². The van der Waals surface area contributed by atoms with E-state index in [0.717, 1.165) is 32.2 Å². The smallest absolute Gasteiger partial charge is 0.417 e. The number of esters is 1. The maximum absolute atomic E-state index is 13.4. The summed E-state index contributed by atoms with van der Waals surface area (Å²) in [5, 5.41) is 42.3. The molecule has 0 unspecified atom stereocenters. The highest BCUT2D eigenvalue weighted by Gasteiger charge is 2.57. The van der Waals surface area contributed by atoms with Crippen molar-refractivity contribution >= 4 is 22.8 Å². The molecule has 1 aromatic carbocycles. The lowest BCUT2D eigenvalue weighted by molar-refractivity contribution is -0.285. The number of carbonyl (C=O) groups is 2. The average Bonchev–Trinajstić information content (AvgIpc) is 2.82. The van der Waals surface area contributed by atoms with Crippen molar-refractivity contribution in [3.05, 3.63) is 40.2 Å². The average molecular weight is 535 g/mol. The number of methoxy groups -OCH3 is 1. The van der Waals surface area contributed by atoms with E-state index in [-0.39, 0.29) is 11.8 Å². The highest BCUT2D eigenvalue weighted by Crippen LogP contribution is 2.38. The molecule has 12 nitrogen and oxygen atoms in total. The van der Waals surface area contributed by atoms with Crippen molar-refractivity contribution in [3.8, 4) is 5.75 Å². The van der Waals surface area contributed by atoms with Gasteiger partial charge in [-0.15, -0.1) is 0 Å². The minimum atomic E-state index is -4.88. The summed E-state index contributed by atoms with van der Waals surface area (Å²) in [5.74, 6) is -4.84. The van der Waals surface area contributed by atoms with Gasteiger partial charge in [0.15, 0.2) is 0 Å². The van der Waals surface area contributed by atoms with E-state index >= 15 is 0 Å². The molecule has 1 amide bonds. The second kappa shape index (κ2) is 10.6. The molecule has 5 N–H and O–H groups in total. The summed E-state index contributed by atoms with van der Waals surface area (Å²) in [6.45, 7) is 0.136. The molecule has 1 fully saturated rings. The maximum Gasteiger partial charge on any atom is 0.417 e. The molecule has 0 saturated carbocycles. The highest BCUT2D eigenvalue weighted by atomic mass is 19.4. The molecule has 204 valence electrons. The summed E-state index contributed by atoms with van der Waals surface area (Å²) >= 11 is 0. The first-order valence-electron chi connectivity index (χ1n) is 10.7. The van der Waals surface area contributed by atoms with Gasteiger partial charge in [0, 0.05) is 24.4 Å². The predicted octanol–water partition coefficient (Wildman–Crippen LogP) is -0.572. The monoisotopic (exact) mass is 535 g/mol. The number of carbonyl (C=O) groups excluding carboxylic acids is 2. The number of benzene rings is 1. The predicted molar refractivity (Wildman–Crippen MR) is 115 cm³/mol. The standard InChI is InChI=1S/C22H24F3NO11/c1-9(28)26-17-13(29)7-21(20(33)34-2,37-19(17)18(32)14(30)8-27)36-10-3-4-11-12(22(23,24)25)6-16(31)35-15(11)5-10/h3-6,13-14,17-19,27,29-30,32H,7-8H2,1-2H3,(H,26,28)/t13-,14+,17+,18+,19+,21+/m0/s1. The van der Waals surface area contributed by atoms with E-state index < -0.39 is 89.5 Å². The molecule has 15 heteroatoms. The SMILES string of the molecule is COC(=O)[C@@]1(Oc2ccc3c(C(F)(F)F)cc(=O)oc3c2)C[C@H](O)[C@@H](NC(C)=O)[C@H]([C@H](O)[C@H](O)CO)O1. The summed E-state index contributed by atoms with van der Waals surface area (Å²) in [5.41, 5.74) is -3.11. The van der Waals surface area contributed by atoms with Gasteiger partial charge in [-0.3, -0.25) is 4.79 Å². The van der Waals surface area contributed by atoms with Crippen molar-refractivity contribution in [3.63, 3.8) is 0 Å². The van der Waals surface area contributed by atoms with Gasteiger partial charge < -0.3 is 44.4 Å². The number of aliphatic hydroxyl groups is 4. The van der Waals surface area contributed by atoms with Crippen molar-refractivity contribution in [2.45, 2.75) is 55.8 Å². The molecule has 0 aliphatic carbocycles. The van der Waals surface area contributed by atoms with Crippen LogP contribution in [0.15, 0.2) is 33.5 Å². The highest BCUT2D eigenvalue weighted by molar-refractivity contribution is 5.83. The van der Waals surface area contributed by atoms with Gasteiger partial charge in [-0.25, -0.2) is 9.59 Å². The van der Waals surface area contributed by atoms with Crippen molar-refractivity contribution in [1.29, 1.82) is 0 Å². The minimum Gasteiger partial charge on any atom is -0.464 e. The number of hydrogen-bond donors (Lipinski definition) is 5. The van der Waals surface area contributed by atoms with E-state index in [0.29, 0.717) is 0 Å². The summed E-state index contributed by atoms with van der Waals surface area (Å²) in [4.78, 5) is 36.1. The molecule has 37 heavy (non-hydrogen) atoms. The molecule has 3 rings (SSSR count). The van der Waals surface area contributed by atoms with E-state index in [2.05, 4.69) is 5.32 Å². The molecule has 1 saturated heterocycles. The van der Waals surface area contributed by atoms with Crippen LogP contribution in [0.2, 0.25) is 0 Å². The van der Waals surface area contributed by atoms with E-state index in [1.54, 1.807) is 0 Å². The fourth-order valence-corrected chi connectivity index (χ4v) is 4.01. The number of ether oxygens (including phenoxy) is 3. The van der Waals surface area contributed by atoms with Gasteiger partial charge in [0.25, 0.3) is 0 Å². The molecule has 1 aromatic heterocycles. The molecule has 0 radical (unpaired) electrons. The molecular weight excluding hydrogens is 511 g/mol. The number of alkyl halides is 3. The first kappa shape index (κ1) is 28.3. The van der Waals surface area contributed by atoms with E-state index in [9.17, 15) is 48.0 Å². The van der Waals surface area contributed by atoms with Crippen LogP contribution in [-0.4, -0.2) is 82.3 Å². The Labute approximate surface area is 206 Å². The first-order valence-corrected chi connectivity index (χ1v) is 10.7. The van der Waals surface area contributed by atoms with Crippen LogP contribution in [0.3, 0.4) is 0 Å². The van der Waals surface area contributed by atoms with Crippen LogP contribution >= 0.6 is 0 Å². The lowest BCUT2D eigenvalue weighted by atomic mass is 9.88. The van der Waals surface area contributed by atoms with Gasteiger partial charge in [-0.05, 0) is 12.1 Å². The summed E-state index contributed by atoms with van der Waals surface area (Å²) in [6, 6.07) is 1.69. The summed E-state index contributed by atoms with van der Waals surface area (Å²) in [7, 11) is 0.937. The van der Waals surface area contributed by atoms with Crippen molar-refractivity contribution in [2.24, 2.45) is 0 Å². The third-order valence-corrected chi connectivity index (χ3v) is 5.66. The zero-order chi connectivity index (χ0) is 27.7. The second-order valence-corrected chi connectivity index (χ2v) is 8.30. The van der Waals surface area contributed by atoms with Crippen LogP contribution in [0.5, 0.6) is 5.75 Å². The Morgan fingerprint density at radius 1 is 1.27 bits per heavy atom. The number of halogens is 3. The maximum atomic E-state index is 13.4. The molecule has 1 aliphatic heterocycles. The van der Waals surface area contributed by atoms with Gasteiger partial charge in [0.05, 0.1) is 37.8 Å². The van der Waals surface area contributed by atoms with Crippen molar-refractivity contribution in [2.75, 3.05) is 13.7 Å². The number of hydrogen-bond acceptors (Lipinski definition) is 11. The van der Waals surface area contributed by atoms with Gasteiger partial charge >= 0.3 is 23.6 Å². The normalized spacial score (nSPS) is 25.8. The zero-order valence-electron chi connectivity index (χ0n) is 19.4. The Hall–Kier alpha value is -3.24. The lowest BCUT2D eigenvalue weighted by Gasteiger charge is -2.46. The van der Waals surface area contributed by atoms with Crippen molar-refractivity contribution in [1.82, 2.24) is 5.32 Å². The Morgan fingerprint density at radius 3 is 2.51 bits per heavy atom. The molecule has 2 heterocycles. The van der Waals surface area contributed by atoms with Crippen LogP contribution in [0.4, 0.5) is 13.2 Å². The number of nitrogens with one attached hydrogen (secondary N) is 1. The molecule has 1 aliphatic rings. The van der Waals surface area contributed by atoms with E-state index in [1.807, 2.05) is 0 Å². The Kier molecular flexibility index (Phi) is 8.14. The number of rotatable bonds is 7. The summed E-state index contributed by atoms with van der Waals surface area (Å²) < 4.78 is 60.9. The molecule has 6 atom stereocenters. The van der Waals surface area contributed by atoms with Gasteiger partial charge in [0.2, 0.25) is 5.91 Å². The Morgan fingerprint density at radius 2 is 1.95 bits per heavy atom. The van der Waals surface area contributed by atoms with Crippen LogP contribution in [0, 0.1) is 0 Å².